The summed E-state index contributed by atoms with van der Waals surface area (Å²) < 4.78 is 16.5. The molecular weight excluding hydrogens is 344 g/mol. The summed E-state index contributed by atoms with van der Waals surface area (Å²) in [4.78, 5) is 6.64. The van der Waals surface area contributed by atoms with E-state index in [1.54, 1.807) is 7.05 Å². The molecule has 7 nitrogen and oxygen atoms in total. The van der Waals surface area contributed by atoms with Gasteiger partial charge in [0.15, 0.2) is 5.96 Å². The summed E-state index contributed by atoms with van der Waals surface area (Å²) in [6.45, 7) is 7.45. The number of anilines is 1. The summed E-state index contributed by atoms with van der Waals surface area (Å²) >= 11 is 0. The molecule has 7 heteroatoms. The third kappa shape index (κ3) is 6.68. The molecule has 27 heavy (non-hydrogen) atoms. The number of benzene rings is 1. The Balaban J connectivity index is 1.32. The average molecular weight is 377 g/mol. The van der Waals surface area contributed by atoms with Crippen LogP contribution in [-0.4, -0.2) is 71.8 Å². The number of nitrogens with one attached hydrogen (secondary N) is 2. The van der Waals surface area contributed by atoms with Crippen LogP contribution in [0.4, 0.5) is 5.69 Å². The van der Waals surface area contributed by atoms with Crippen molar-refractivity contribution in [2.45, 2.75) is 25.5 Å². The van der Waals surface area contributed by atoms with E-state index in [0.717, 1.165) is 78.0 Å². The van der Waals surface area contributed by atoms with Gasteiger partial charge in [-0.3, -0.25) is 4.99 Å². The van der Waals surface area contributed by atoms with Gasteiger partial charge in [0, 0.05) is 52.1 Å². The third-order valence-electron chi connectivity index (χ3n) is 4.85. The summed E-state index contributed by atoms with van der Waals surface area (Å²) in [7, 11) is 1.79. The molecule has 1 aromatic rings. The zero-order valence-corrected chi connectivity index (χ0v) is 16.3. The lowest BCUT2D eigenvalue weighted by Gasteiger charge is -2.28. The van der Waals surface area contributed by atoms with E-state index in [0.29, 0.717) is 0 Å². The van der Waals surface area contributed by atoms with E-state index in [4.69, 9.17) is 14.2 Å². The van der Waals surface area contributed by atoms with Gasteiger partial charge in [-0.05, 0) is 30.5 Å². The van der Waals surface area contributed by atoms with Crippen molar-refractivity contribution in [3.63, 3.8) is 0 Å². The molecule has 150 valence electrons. The number of nitrogens with zero attached hydrogens (tertiary/aromatic N) is 2. The summed E-state index contributed by atoms with van der Waals surface area (Å²) in [6, 6.07) is 8.70. The van der Waals surface area contributed by atoms with Crippen LogP contribution in [0.2, 0.25) is 0 Å². The van der Waals surface area contributed by atoms with Gasteiger partial charge in [0.2, 0.25) is 0 Å². The first-order valence-corrected chi connectivity index (χ1v) is 9.90. The van der Waals surface area contributed by atoms with Gasteiger partial charge in [-0.25, -0.2) is 0 Å². The Morgan fingerprint density at radius 2 is 1.96 bits per heavy atom. The van der Waals surface area contributed by atoms with Crippen molar-refractivity contribution in [3.05, 3.63) is 29.8 Å². The number of guanidine groups is 1. The maximum Gasteiger partial charge on any atom is 0.191 e. The van der Waals surface area contributed by atoms with Crippen molar-refractivity contribution in [2.75, 3.05) is 64.6 Å². The van der Waals surface area contributed by atoms with E-state index in [2.05, 4.69) is 44.8 Å². The Kier molecular flexibility index (Phi) is 8.20. The minimum Gasteiger partial charge on any atom is -0.379 e. The SMILES string of the molecule is CN=C(NCCCOC1CCOC1)NCc1ccc(N2CCOCC2)cc1. The highest BCUT2D eigenvalue weighted by Crippen LogP contribution is 2.16. The second kappa shape index (κ2) is 11.1. The Morgan fingerprint density at radius 1 is 1.15 bits per heavy atom. The molecule has 0 spiro atoms. The van der Waals surface area contributed by atoms with Crippen LogP contribution >= 0.6 is 0 Å². The standard InChI is InChI=1S/C20H32N4O3/c1-21-20(22-8-2-11-27-19-7-12-26-16-19)23-15-17-3-5-18(6-4-17)24-9-13-25-14-10-24/h3-6,19H,2,7-16H2,1H3,(H2,21,22,23). The fraction of sp³-hybridized carbons (Fsp3) is 0.650. The van der Waals surface area contributed by atoms with E-state index in [1.807, 2.05) is 0 Å². The molecular formula is C20H32N4O3. The van der Waals surface area contributed by atoms with Gasteiger partial charge in [-0.1, -0.05) is 12.1 Å². The topological polar surface area (TPSA) is 67.4 Å². The number of morpholine rings is 1. The second-order valence-electron chi connectivity index (χ2n) is 6.83. The minimum absolute atomic E-state index is 0.280. The largest absolute Gasteiger partial charge is 0.379 e. The van der Waals surface area contributed by atoms with Gasteiger partial charge in [-0.2, -0.15) is 0 Å². The van der Waals surface area contributed by atoms with Crippen LogP contribution in [0.25, 0.3) is 0 Å². The first-order chi connectivity index (χ1) is 13.3. The fourth-order valence-electron chi connectivity index (χ4n) is 3.23. The first-order valence-electron chi connectivity index (χ1n) is 9.90. The lowest BCUT2D eigenvalue weighted by molar-refractivity contribution is 0.0420. The molecule has 2 aliphatic rings. The number of hydrogen-bond donors (Lipinski definition) is 2. The van der Waals surface area contributed by atoms with Gasteiger partial charge >= 0.3 is 0 Å². The molecule has 0 aromatic heterocycles. The summed E-state index contributed by atoms with van der Waals surface area (Å²) in [5.41, 5.74) is 2.50. The third-order valence-corrected chi connectivity index (χ3v) is 4.85. The molecule has 2 saturated heterocycles. The van der Waals surface area contributed by atoms with Crippen LogP contribution in [0.3, 0.4) is 0 Å². The van der Waals surface area contributed by atoms with Crippen LogP contribution in [0, 0.1) is 0 Å². The van der Waals surface area contributed by atoms with Gasteiger partial charge < -0.3 is 29.7 Å². The Labute approximate surface area is 162 Å². The molecule has 1 atom stereocenters. The monoisotopic (exact) mass is 376 g/mol. The predicted molar refractivity (Wildman–Crippen MR) is 107 cm³/mol. The highest BCUT2D eigenvalue weighted by atomic mass is 16.5. The zero-order valence-electron chi connectivity index (χ0n) is 16.3. The molecule has 2 fully saturated rings. The van der Waals surface area contributed by atoms with Crippen molar-refractivity contribution in [3.8, 4) is 0 Å². The molecule has 0 aliphatic carbocycles. The maximum absolute atomic E-state index is 5.77. The van der Waals surface area contributed by atoms with Crippen molar-refractivity contribution < 1.29 is 14.2 Å². The fourth-order valence-corrected chi connectivity index (χ4v) is 3.23. The molecule has 3 rings (SSSR count). The van der Waals surface area contributed by atoms with Crippen LogP contribution in [0.15, 0.2) is 29.3 Å². The van der Waals surface area contributed by atoms with Gasteiger partial charge in [0.25, 0.3) is 0 Å². The number of rotatable bonds is 8. The van der Waals surface area contributed by atoms with Gasteiger partial charge in [-0.15, -0.1) is 0 Å². The van der Waals surface area contributed by atoms with Crippen LogP contribution in [0.1, 0.15) is 18.4 Å². The van der Waals surface area contributed by atoms with E-state index in [9.17, 15) is 0 Å². The van der Waals surface area contributed by atoms with Crippen molar-refractivity contribution in [2.24, 2.45) is 4.99 Å². The molecule has 2 N–H and O–H groups in total. The Bertz CT molecular complexity index is 567. The van der Waals surface area contributed by atoms with Crippen LogP contribution < -0.4 is 15.5 Å². The van der Waals surface area contributed by atoms with Gasteiger partial charge in [0.05, 0.1) is 25.9 Å². The van der Waals surface area contributed by atoms with Crippen LogP contribution in [-0.2, 0) is 20.8 Å². The normalized spacial score (nSPS) is 20.7. The maximum atomic E-state index is 5.77. The summed E-state index contributed by atoms with van der Waals surface area (Å²) in [6.07, 6.45) is 2.25. The molecule has 2 heterocycles. The molecule has 0 radical (unpaired) electrons. The van der Waals surface area contributed by atoms with Crippen molar-refractivity contribution >= 4 is 11.6 Å². The molecule has 1 aromatic carbocycles. The van der Waals surface area contributed by atoms with Crippen molar-refractivity contribution in [1.82, 2.24) is 10.6 Å². The highest BCUT2D eigenvalue weighted by Gasteiger charge is 2.15. The van der Waals surface area contributed by atoms with E-state index < -0.39 is 0 Å². The summed E-state index contributed by atoms with van der Waals surface area (Å²) in [5, 5.41) is 6.69. The number of aliphatic imine (C=N–C) groups is 1. The number of ether oxygens (including phenoxy) is 3. The molecule has 1 unspecified atom stereocenters. The van der Waals surface area contributed by atoms with Crippen LogP contribution in [0.5, 0.6) is 0 Å². The summed E-state index contributed by atoms with van der Waals surface area (Å²) in [5.74, 6) is 0.816. The molecule has 0 amide bonds. The highest BCUT2D eigenvalue weighted by molar-refractivity contribution is 5.79. The van der Waals surface area contributed by atoms with E-state index >= 15 is 0 Å². The Hall–Kier alpha value is -1.83. The van der Waals surface area contributed by atoms with Gasteiger partial charge in [0.1, 0.15) is 0 Å². The quantitative estimate of drug-likeness (QED) is 0.406. The zero-order chi connectivity index (χ0) is 18.7. The Morgan fingerprint density at radius 3 is 2.67 bits per heavy atom. The average Bonchev–Trinajstić information content (AvgIpc) is 3.25. The molecule has 0 saturated carbocycles. The van der Waals surface area contributed by atoms with Crippen molar-refractivity contribution in [1.29, 1.82) is 0 Å². The second-order valence-corrected chi connectivity index (χ2v) is 6.83. The smallest absolute Gasteiger partial charge is 0.191 e. The lowest BCUT2D eigenvalue weighted by atomic mass is 10.2. The molecule has 2 aliphatic heterocycles. The number of hydrogen-bond acceptors (Lipinski definition) is 5. The minimum atomic E-state index is 0.280. The molecule has 0 bridgehead atoms. The predicted octanol–water partition coefficient (Wildman–Crippen LogP) is 1.38. The van der Waals surface area contributed by atoms with E-state index in [1.165, 1.54) is 11.3 Å². The first kappa shape index (κ1) is 19.9. The van der Waals surface area contributed by atoms with E-state index in [-0.39, 0.29) is 6.10 Å². The lowest BCUT2D eigenvalue weighted by Crippen LogP contribution is -2.37.